The quantitative estimate of drug-likeness (QED) is 0.0461. The van der Waals surface area contributed by atoms with Crippen molar-refractivity contribution in [1.82, 2.24) is 0 Å². The van der Waals surface area contributed by atoms with E-state index in [2.05, 4.69) is 32.3 Å². The van der Waals surface area contributed by atoms with E-state index in [1.807, 2.05) is 0 Å². The van der Waals surface area contributed by atoms with Gasteiger partial charge in [0, 0.05) is 18.6 Å². The molecule has 0 aromatic carbocycles. The van der Waals surface area contributed by atoms with Gasteiger partial charge in [-0.2, -0.15) is 0 Å². The van der Waals surface area contributed by atoms with Gasteiger partial charge in [0.25, 0.3) is 0 Å². The highest BCUT2D eigenvalue weighted by Crippen LogP contribution is 2.17. The Bertz CT molecular complexity index is 739. The zero-order valence-corrected chi connectivity index (χ0v) is 35.5. The first-order valence-corrected chi connectivity index (χ1v) is 23.8. The molecule has 4 nitrogen and oxygen atoms in total. The molecule has 5 heteroatoms. The van der Waals surface area contributed by atoms with Crippen molar-refractivity contribution in [3.8, 4) is 0 Å². The van der Waals surface area contributed by atoms with Crippen molar-refractivity contribution in [3.63, 3.8) is 0 Å². The van der Waals surface area contributed by atoms with E-state index >= 15 is 0 Å². The van der Waals surface area contributed by atoms with Crippen LogP contribution < -0.4 is 0 Å². The van der Waals surface area contributed by atoms with Gasteiger partial charge >= 0.3 is 11.9 Å². The van der Waals surface area contributed by atoms with Crippen molar-refractivity contribution in [2.75, 3.05) is 12.4 Å². The molecule has 0 rings (SSSR count). The minimum atomic E-state index is -0.385. The van der Waals surface area contributed by atoms with Gasteiger partial charge in [-0.05, 0) is 31.1 Å². The number of ether oxygens (including phenoxy) is 2. The topological polar surface area (TPSA) is 52.6 Å². The summed E-state index contributed by atoms with van der Waals surface area (Å²) in [5.41, 5.74) is 0. The van der Waals surface area contributed by atoms with E-state index in [0.717, 1.165) is 32.1 Å². The summed E-state index contributed by atoms with van der Waals surface area (Å²) in [5, 5.41) is 2.11. The zero-order valence-electron chi connectivity index (χ0n) is 34.6. The predicted molar refractivity (Wildman–Crippen MR) is 226 cm³/mol. The van der Waals surface area contributed by atoms with Crippen LogP contribution in [0.4, 0.5) is 0 Å². The average molecular weight is 737 g/mol. The minimum absolute atomic E-state index is 0.152. The molecule has 1 atom stereocenters. The molecule has 302 valence electrons. The molecule has 0 heterocycles. The summed E-state index contributed by atoms with van der Waals surface area (Å²) in [6.07, 6.45) is 46.9. The number of carbonyl (C=O) groups excluding carboxylic acids is 2. The molecule has 0 aromatic heterocycles. The van der Waals surface area contributed by atoms with Crippen LogP contribution in [-0.4, -0.2) is 30.4 Å². The van der Waals surface area contributed by atoms with Gasteiger partial charge in [-0.15, -0.1) is 11.8 Å². The highest BCUT2D eigenvalue weighted by molar-refractivity contribution is 8.02. The van der Waals surface area contributed by atoms with E-state index in [0.29, 0.717) is 18.6 Å². The monoisotopic (exact) mass is 737 g/mol. The number of hydrogen-bond donors (Lipinski definition) is 0. The standard InChI is InChI=1S/C46H88O4S/c1-4-7-10-13-15-17-19-21-23-25-27-29-31-33-36-39-45(47)49-42-44(43-51-41-38-35-12-9-6-3)50-46(48)40-37-34-32-30-28-26-24-22-20-18-16-14-11-8-5-2/h38,41,44H,4-37,39-40,42-43H2,1-3H3. The normalized spacial score (nSPS) is 12.1. The lowest BCUT2D eigenvalue weighted by molar-refractivity contribution is -0.157. The summed E-state index contributed by atoms with van der Waals surface area (Å²) in [6.45, 7) is 6.95. The van der Waals surface area contributed by atoms with Gasteiger partial charge in [-0.25, -0.2) is 0 Å². The minimum Gasteiger partial charge on any atom is -0.462 e. The Hall–Kier alpha value is -0.970. The Balaban J connectivity index is 4.03. The second kappa shape index (κ2) is 43.4. The van der Waals surface area contributed by atoms with E-state index in [4.69, 9.17) is 9.47 Å². The summed E-state index contributed by atoms with van der Waals surface area (Å²) in [5.74, 6) is 0.315. The largest absolute Gasteiger partial charge is 0.462 e. The predicted octanol–water partition coefficient (Wildman–Crippen LogP) is 15.8. The molecular formula is C46H88O4S. The Morgan fingerprint density at radius 3 is 1.18 bits per heavy atom. The van der Waals surface area contributed by atoms with Crippen LogP contribution in [0, 0.1) is 0 Å². The summed E-state index contributed by atoms with van der Waals surface area (Å²) in [7, 11) is 0. The molecule has 0 aliphatic carbocycles. The third-order valence-electron chi connectivity index (χ3n) is 10.1. The number of allylic oxidation sites excluding steroid dienone is 1. The molecule has 0 aliphatic rings. The van der Waals surface area contributed by atoms with Gasteiger partial charge in [-0.3, -0.25) is 9.59 Å². The van der Waals surface area contributed by atoms with Crippen molar-refractivity contribution in [3.05, 3.63) is 11.5 Å². The fraction of sp³-hybridized carbons (Fsp3) is 0.913. The maximum absolute atomic E-state index is 12.7. The van der Waals surface area contributed by atoms with Crippen LogP contribution in [0.1, 0.15) is 252 Å². The Labute approximate surface area is 323 Å². The molecule has 0 fully saturated rings. The van der Waals surface area contributed by atoms with Crippen molar-refractivity contribution >= 4 is 23.7 Å². The lowest BCUT2D eigenvalue weighted by Crippen LogP contribution is -2.27. The van der Waals surface area contributed by atoms with Crippen molar-refractivity contribution in [1.29, 1.82) is 0 Å². The van der Waals surface area contributed by atoms with E-state index in [1.54, 1.807) is 11.8 Å². The lowest BCUT2D eigenvalue weighted by atomic mass is 10.0. The summed E-state index contributed by atoms with van der Waals surface area (Å²) >= 11 is 1.65. The van der Waals surface area contributed by atoms with Crippen LogP contribution in [0.3, 0.4) is 0 Å². The number of thioether (sulfide) groups is 1. The van der Waals surface area contributed by atoms with Crippen LogP contribution in [0.5, 0.6) is 0 Å². The molecule has 0 radical (unpaired) electrons. The molecule has 0 N–H and O–H groups in total. The van der Waals surface area contributed by atoms with Crippen molar-refractivity contribution < 1.29 is 19.1 Å². The molecule has 0 saturated carbocycles. The van der Waals surface area contributed by atoms with E-state index in [-0.39, 0.29) is 24.6 Å². The van der Waals surface area contributed by atoms with E-state index in [9.17, 15) is 9.59 Å². The lowest BCUT2D eigenvalue weighted by Gasteiger charge is -2.17. The molecule has 0 amide bonds. The molecular weight excluding hydrogens is 649 g/mol. The smallest absolute Gasteiger partial charge is 0.306 e. The van der Waals surface area contributed by atoms with Crippen LogP contribution in [0.2, 0.25) is 0 Å². The van der Waals surface area contributed by atoms with E-state index < -0.39 is 0 Å². The van der Waals surface area contributed by atoms with Crippen molar-refractivity contribution in [2.45, 2.75) is 258 Å². The first kappa shape index (κ1) is 50.0. The number of hydrogen-bond acceptors (Lipinski definition) is 5. The maximum atomic E-state index is 12.7. The SMILES string of the molecule is CCCCCC=CSCC(COC(=O)CCCCCCCCCCCCCCCCC)OC(=O)CCCCCCCCCCCCCCCCC. The molecule has 0 aliphatic heterocycles. The summed E-state index contributed by atoms with van der Waals surface area (Å²) in [4.78, 5) is 25.2. The third kappa shape index (κ3) is 41.6. The van der Waals surface area contributed by atoms with E-state index in [1.165, 1.54) is 186 Å². The van der Waals surface area contributed by atoms with Gasteiger partial charge in [0.05, 0.1) is 0 Å². The highest BCUT2D eigenvalue weighted by atomic mass is 32.2. The van der Waals surface area contributed by atoms with Crippen molar-refractivity contribution in [2.24, 2.45) is 0 Å². The second-order valence-electron chi connectivity index (χ2n) is 15.4. The molecule has 0 aromatic rings. The van der Waals surface area contributed by atoms with Crippen LogP contribution in [0.25, 0.3) is 0 Å². The Morgan fingerprint density at radius 1 is 0.451 bits per heavy atom. The zero-order chi connectivity index (χ0) is 37.1. The molecule has 51 heavy (non-hydrogen) atoms. The second-order valence-corrected chi connectivity index (χ2v) is 16.3. The van der Waals surface area contributed by atoms with Gasteiger partial charge in [0.1, 0.15) is 12.7 Å². The number of carbonyl (C=O) groups is 2. The van der Waals surface area contributed by atoms with Crippen LogP contribution in [-0.2, 0) is 19.1 Å². The first-order chi connectivity index (χ1) is 25.1. The highest BCUT2D eigenvalue weighted by Gasteiger charge is 2.17. The Kier molecular flexibility index (Phi) is 42.6. The maximum Gasteiger partial charge on any atom is 0.306 e. The summed E-state index contributed by atoms with van der Waals surface area (Å²) < 4.78 is 11.4. The van der Waals surface area contributed by atoms with Crippen LogP contribution >= 0.6 is 11.8 Å². The molecule has 0 saturated heterocycles. The average Bonchev–Trinajstić information content (AvgIpc) is 3.13. The molecule has 0 spiro atoms. The van der Waals surface area contributed by atoms with Gasteiger partial charge < -0.3 is 9.47 Å². The molecule has 1 unspecified atom stereocenters. The van der Waals surface area contributed by atoms with Crippen LogP contribution in [0.15, 0.2) is 11.5 Å². The van der Waals surface area contributed by atoms with Gasteiger partial charge in [-0.1, -0.05) is 219 Å². The third-order valence-corrected chi connectivity index (χ3v) is 11.1. The number of rotatable bonds is 42. The Morgan fingerprint density at radius 2 is 0.784 bits per heavy atom. The number of esters is 2. The number of unbranched alkanes of at least 4 members (excludes halogenated alkanes) is 31. The molecule has 0 bridgehead atoms. The fourth-order valence-corrected chi connectivity index (χ4v) is 7.47. The first-order valence-electron chi connectivity index (χ1n) is 22.8. The summed E-state index contributed by atoms with van der Waals surface area (Å²) in [6, 6.07) is 0. The van der Waals surface area contributed by atoms with Gasteiger partial charge in [0.2, 0.25) is 0 Å². The van der Waals surface area contributed by atoms with Gasteiger partial charge in [0.15, 0.2) is 0 Å². The fourth-order valence-electron chi connectivity index (χ4n) is 6.71.